The van der Waals surface area contributed by atoms with Crippen LogP contribution in [-0.2, 0) is 4.79 Å². The first-order valence-electron chi connectivity index (χ1n) is 7.56. The lowest BCUT2D eigenvalue weighted by Crippen LogP contribution is -2.04. The van der Waals surface area contributed by atoms with E-state index in [-0.39, 0.29) is 5.78 Å². The van der Waals surface area contributed by atoms with Crippen LogP contribution in [0, 0.1) is 0 Å². The van der Waals surface area contributed by atoms with E-state index >= 15 is 0 Å². The Bertz CT molecular complexity index is 708. The van der Waals surface area contributed by atoms with Crippen LogP contribution < -0.4 is 4.74 Å². The molecule has 0 fully saturated rings. The van der Waals surface area contributed by atoms with Gasteiger partial charge in [-0.3, -0.25) is 4.79 Å². The summed E-state index contributed by atoms with van der Waals surface area (Å²) in [5, 5.41) is 0. The maximum absolute atomic E-state index is 11.8. The molecule has 2 aromatic rings. The smallest absolute Gasteiger partial charge is 0.336 e. The molecule has 23 heavy (non-hydrogen) atoms. The van der Waals surface area contributed by atoms with Crippen molar-refractivity contribution < 1.29 is 14.3 Å². The molecule has 3 nitrogen and oxygen atoms in total. The lowest BCUT2D eigenvalue weighted by atomic mass is 10.0. The van der Waals surface area contributed by atoms with Crippen molar-refractivity contribution in [1.82, 2.24) is 0 Å². The summed E-state index contributed by atoms with van der Waals surface area (Å²) in [5.41, 5.74) is 2.79. The van der Waals surface area contributed by atoms with Crippen molar-refractivity contribution >= 4 is 17.8 Å². The molecule has 0 radical (unpaired) electrons. The molecule has 0 bridgehead atoms. The van der Waals surface area contributed by atoms with Crippen LogP contribution in [0.15, 0.2) is 54.6 Å². The van der Waals surface area contributed by atoms with Crippen molar-refractivity contribution in [1.29, 1.82) is 0 Å². The van der Waals surface area contributed by atoms with Crippen LogP contribution in [0.2, 0.25) is 0 Å². The van der Waals surface area contributed by atoms with Gasteiger partial charge in [0.25, 0.3) is 0 Å². The molecule has 0 aliphatic rings. The highest BCUT2D eigenvalue weighted by Crippen LogP contribution is 2.16. The summed E-state index contributed by atoms with van der Waals surface area (Å²) in [6.45, 7) is 5.77. The number of rotatable bonds is 5. The van der Waals surface area contributed by atoms with E-state index < -0.39 is 5.97 Å². The molecule has 2 rings (SSSR count). The Labute approximate surface area is 136 Å². The molecule has 0 aliphatic carbocycles. The first-order chi connectivity index (χ1) is 11.0. The predicted molar refractivity (Wildman–Crippen MR) is 91.6 cm³/mol. The van der Waals surface area contributed by atoms with Gasteiger partial charge in [0, 0.05) is 11.6 Å². The van der Waals surface area contributed by atoms with Crippen molar-refractivity contribution in [2.45, 2.75) is 26.7 Å². The van der Waals surface area contributed by atoms with Gasteiger partial charge in [0.2, 0.25) is 0 Å². The fraction of sp³-hybridized carbons (Fsp3) is 0.200. The van der Waals surface area contributed by atoms with Gasteiger partial charge in [0.15, 0.2) is 5.78 Å². The van der Waals surface area contributed by atoms with Crippen molar-refractivity contribution in [3.05, 3.63) is 71.3 Å². The van der Waals surface area contributed by atoms with E-state index in [1.54, 1.807) is 30.3 Å². The van der Waals surface area contributed by atoms with Crippen molar-refractivity contribution in [2.24, 2.45) is 0 Å². The van der Waals surface area contributed by atoms with E-state index in [0.717, 1.165) is 5.56 Å². The second-order valence-corrected chi connectivity index (χ2v) is 5.66. The van der Waals surface area contributed by atoms with E-state index in [1.807, 2.05) is 12.1 Å². The van der Waals surface area contributed by atoms with E-state index in [0.29, 0.717) is 17.2 Å². The topological polar surface area (TPSA) is 43.4 Å². The molecule has 3 heteroatoms. The average Bonchev–Trinajstić information content (AvgIpc) is 2.54. The van der Waals surface area contributed by atoms with Gasteiger partial charge in [-0.25, -0.2) is 4.79 Å². The van der Waals surface area contributed by atoms with Crippen LogP contribution in [0.25, 0.3) is 6.08 Å². The minimum Gasteiger partial charge on any atom is -0.423 e. The summed E-state index contributed by atoms with van der Waals surface area (Å²) in [6.07, 6.45) is 3.11. The Morgan fingerprint density at radius 1 is 0.957 bits per heavy atom. The molecule has 0 aliphatic heterocycles. The largest absolute Gasteiger partial charge is 0.423 e. The van der Waals surface area contributed by atoms with Gasteiger partial charge in [-0.05, 0) is 54.3 Å². The first kappa shape index (κ1) is 16.7. The van der Waals surface area contributed by atoms with Crippen molar-refractivity contribution in [3.8, 4) is 5.75 Å². The first-order valence-corrected chi connectivity index (χ1v) is 7.56. The Morgan fingerprint density at radius 3 is 2.09 bits per heavy atom. The minimum absolute atomic E-state index is 0.0207. The second-order valence-electron chi connectivity index (χ2n) is 5.66. The van der Waals surface area contributed by atoms with Crippen molar-refractivity contribution in [3.63, 3.8) is 0 Å². The number of esters is 1. The lowest BCUT2D eigenvalue weighted by molar-refractivity contribution is -0.128. The van der Waals surface area contributed by atoms with E-state index in [4.69, 9.17) is 4.74 Å². The number of Topliss-reactive ketones (excluding diaryl/α,β-unsaturated/α-hetero) is 1. The van der Waals surface area contributed by atoms with E-state index in [9.17, 15) is 9.59 Å². The molecule has 0 aromatic heterocycles. The van der Waals surface area contributed by atoms with Crippen LogP contribution >= 0.6 is 0 Å². The number of hydrogen-bond acceptors (Lipinski definition) is 3. The second kappa shape index (κ2) is 7.54. The quantitative estimate of drug-likeness (QED) is 0.350. The molecule has 118 valence electrons. The predicted octanol–water partition coefficient (Wildman–Crippen LogP) is 4.63. The highest BCUT2D eigenvalue weighted by atomic mass is 16.5. The Balaban J connectivity index is 1.97. The number of ether oxygens (including phenoxy) is 1. The monoisotopic (exact) mass is 308 g/mol. The summed E-state index contributed by atoms with van der Waals surface area (Å²) >= 11 is 0. The van der Waals surface area contributed by atoms with Crippen LogP contribution in [0.3, 0.4) is 0 Å². The van der Waals surface area contributed by atoms with Gasteiger partial charge in [-0.15, -0.1) is 0 Å². The standard InChI is InChI=1S/C20H20O3/c1-14(2)17-7-4-16(5-8-17)6-13-20(22)23-19-11-9-18(10-12-19)15(3)21/h4-14H,1-3H3/b13-6+. The summed E-state index contributed by atoms with van der Waals surface area (Å²) in [4.78, 5) is 23.0. The van der Waals surface area contributed by atoms with E-state index in [1.165, 1.54) is 18.6 Å². The Kier molecular flexibility index (Phi) is 5.47. The third-order valence-corrected chi connectivity index (χ3v) is 3.49. The van der Waals surface area contributed by atoms with Gasteiger partial charge in [-0.2, -0.15) is 0 Å². The zero-order valence-electron chi connectivity index (χ0n) is 13.6. The molecule has 2 aromatic carbocycles. The molecule has 0 spiro atoms. The van der Waals surface area contributed by atoms with Crippen LogP contribution in [-0.4, -0.2) is 11.8 Å². The normalized spacial score (nSPS) is 11.0. The van der Waals surface area contributed by atoms with Gasteiger partial charge in [-0.1, -0.05) is 38.1 Å². The van der Waals surface area contributed by atoms with Crippen molar-refractivity contribution in [2.75, 3.05) is 0 Å². The summed E-state index contributed by atoms with van der Waals surface area (Å²) < 4.78 is 5.20. The Morgan fingerprint density at radius 2 is 1.57 bits per heavy atom. The summed E-state index contributed by atoms with van der Waals surface area (Å²) in [5.74, 6) is 0.428. The van der Waals surface area contributed by atoms with Crippen LogP contribution in [0.4, 0.5) is 0 Å². The van der Waals surface area contributed by atoms with Gasteiger partial charge >= 0.3 is 5.97 Å². The highest BCUT2D eigenvalue weighted by molar-refractivity contribution is 5.94. The zero-order chi connectivity index (χ0) is 16.8. The van der Waals surface area contributed by atoms with Gasteiger partial charge < -0.3 is 4.74 Å². The average molecular weight is 308 g/mol. The third-order valence-electron chi connectivity index (χ3n) is 3.49. The molecular weight excluding hydrogens is 288 g/mol. The molecular formula is C20H20O3. The number of ketones is 1. The molecule has 0 heterocycles. The maximum atomic E-state index is 11.8. The van der Waals surface area contributed by atoms with Gasteiger partial charge in [0.1, 0.15) is 5.75 Å². The number of benzene rings is 2. The summed E-state index contributed by atoms with van der Waals surface area (Å²) in [6, 6.07) is 14.5. The molecule has 0 amide bonds. The van der Waals surface area contributed by atoms with Crippen LogP contribution in [0.5, 0.6) is 5.75 Å². The zero-order valence-corrected chi connectivity index (χ0v) is 13.6. The molecule has 0 atom stereocenters. The number of carbonyl (C=O) groups is 2. The van der Waals surface area contributed by atoms with Crippen LogP contribution in [0.1, 0.15) is 48.2 Å². The fourth-order valence-electron chi connectivity index (χ4n) is 2.06. The molecule has 0 N–H and O–H groups in total. The number of carbonyl (C=O) groups excluding carboxylic acids is 2. The SMILES string of the molecule is CC(=O)c1ccc(OC(=O)/C=C/c2ccc(C(C)C)cc2)cc1. The lowest BCUT2D eigenvalue weighted by Gasteiger charge is -2.04. The highest BCUT2D eigenvalue weighted by Gasteiger charge is 2.03. The Hall–Kier alpha value is -2.68. The number of hydrogen-bond donors (Lipinski definition) is 0. The fourth-order valence-corrected chi connectivity index (χ4v) is 2.06. The third kappa shape index (κ3) is 4.92. The minimum atomic E-state index is -0.450. The molecule has 0 saturated carbocycles. The molecule has 0 saturated heterocycles. The summed E-state index contributed by atoms with van der Waals surface area (Å²) in [7, 11) is 0. The molecule has 0 unspecified atom stereocenters. The maximum Gasteiger partial charge on any atom is 0.336 e. The van der Waals surface area contributed by atoms with Gasteiger partial charge in [0.05, 0.1) is 0 Å². The van der Waals surface area contributed by atoms with E-state index in [2.05, 4.69) is 26.0 Å².